The molecular weight excluding hydrogens is 268 g/mol. The van der Waals surface area contributed by atoms with Gasteiger partial charge in [-0.3, -0.25) is 4.79 Å². The molecule has 100 valence electrons. The fourth-order valence-electron chi connectivity index (χ4n) is 2.29. The van der Waals surface area contributed by atoms with Gasteiger partial charge in [-0.2, -0.15) is 0 Å². The maximum Gasteiger partial charge on any atom is 0.177 e. The van der Waals surface area contributed by atoms with Crippen LogP contribution in [-0.4, -0.2) is 12.9 Å². The molecule has 0 amide bonds. The Labute approximate surface area is 121 Å². The van der Waals surface area contributed by atoms with Crippen LogP contribution < -0.4 is 4.74 Å². The predicted molar refractivity (Wildman–Crippen MR) is 82.9 cm³/mol. The fraction of sp³-hybridized carbons (Fsp3) is 0.118. The lowest BCUT2D eigenvalue weighted by atomic mass is 10.00. The number of hydrogen-bond acceptors (Lipinski definition) is 3. The molecule has 3 aromatic rings. The Hall–Kier alpha value is -2.13. The van der Waals surface area contributed by atoms with Crippen LogP contribution in [0.15, 0.2) is 53.9 Å². The zero-order chi connectivity index (χ0) is 13.9. The number of ketones is 1. The molecule has 0 unspecified atom stereocenters. The summed E-state index contributed by atoms with van der Waals surface area (Å²) in [5.41, 5.74) is 1.04. The average Bonchev–Trinajstić information content (AvgIpc) is 3.01. The van der Waals surface area contributed by atoms with Gasteiger partial charge in [0, 0.05) is 6.42 Å². The molecular formula is C17H14O2S. The first kappa shape index (κ1) is 12.9. The number of thiophene rings is 1. The third-order valence-corrected chi connectivity index (χ3v) is 4.24. The van der Waals surface area contributed by atoms with E-state index in [-0.39, 0.29) is 5.78 Å². The van der Waals surface area contributed by atoms with Crippen LogP contribution in [0.25, 0.3) is 10.8 Å². The van der Waals surface area contributed by atoms with Gasteiger partial charge in [-0.25, -0.2) is 0 Å². The van der Waals surface area contributed by atoms with Crippen LogP contribution in [0.4, 0.5) is 0 Å². The molecule has 0 saturated carbocycles. The molecule has 3 rings (SSSR count). The summed E-state index contributed by atoms with van der Waals surface area (Å²) in [6, 6.07) is 15.8. The minimum atomic E-state index is 0.162. The van der Waals surface area contributed by atoms with Crippen molar-refractivity contribution in [2.75, 3.05) is 7.11 Å². The maximum absolute atomic E-state index is 12.3. The van der Waals surface area contributed by atoms with E-state index in [1.807, 2.05) is 53.9 Å². The molecule has 0 aliphatic rings. The zero-order valence-electron chi connectivity index (χ0n) is 11.1. The van der Waals surface area contributed by atoms with Gasteiger partial charge in [0.05, 0.1) is 12.0 Å². The van der Waals surface area contributed by atoms with Crippen LogP contribution in [0.3, 0.4) is 0 Å². The van der Waals surface area contributed by atoms with E-state index in [4.69, 9.17) is 4.74 Å². The molecule has 0 saturated heterocycles. The predicted octanol–water partition coefficient (Wildman–Crippen LogP) is 4.34. The monoisotopic (exact) mass is 282 g/mol. The van der Waals surface area contributed by atoms with E-state index in [9.17, 15) is 4.79 Å². The molecule has 1 aromatic heterocycles. The number of ether oxygens (including phenoxy) is 1. The summed E-state index contributed by atoms with van der Waals surface area (Å²) in [4.78, 5) is 13.1. The molecule has 0 aliphatic heterocycles. The first-order valence-electron chi connectivity index (χ1n) is 6.40. The van der Waals surface area contributed by atoms with E-state index >= 15 is 0 Å². The molecule has 2 nitrogen and oxygen atoms in total. The number of benzene rings is 2. The van der Waals surface area contributed by atoms with Crippen molar-refractivity contribution in [1.29, 1.82) is 0 Å². The number of fused-ring (bicyclic) bond motifs is 1. The van der Waals surface area contributed by atoms with Crippen LogP contribution in [0, 0.1) is 0 Å². The van der Waals surface area contributed by atoms with Crippen LogP contribution in [0.2, 0.25) is 0 Å². The third kappa shape index (κ3) is 2.45. The van der Waals surface area contributed by atoms with E-state index < -0.39 is 0 Å². The van der Waals surface area contributed by atoms with Crippen molar-refractivity contribution in [2.45, 2.75) is 6.42 Å². The van der Waals surface area contributed by atoms with E-state index in [0.29, 0.717) is 6.42 Å². The second kappa shape index (κ2) is 5.47. The lowest BCUT2D eigenvalue weighted by molar-refractivity contribution is 0.0997. The lowest BCUT2D eigenvalue weighted by Gasteiger charge is -2.07. The molecule has 0 spiro atoms. The van der Waals surface area contributed by atoms with Gasteiger partial charge in [0.1, 0.15) is 5.75 Å². The van der Waals surface area contributed by atoms with Crippen molar-refractivity contribution in [3.05, 3.63) is 64.4 Å². The average molecular weight is 282 g/mol. The molecule has 0 radical (unpaired) electrons. The number of rotatable bonds is 4. The van der Waals surface area contributed by atoms with Gasteiger partial charge in [0.25, 0.3) is 0 Å². The fourth-order valence-corrected chi connectivity index (χ4v) is 2.96. The number of carbonyl (C=O) groups is 1. The summed E-state index contributed by atoms with van der Waals surface area (Å²) in [6.07, 6.45) is 0.422. The molecule has 0 aliphatic carbocycles. The van der Waals surface area contributed by atoms with Crippen molar-refractivity contribution in [3.8, 4) is 5.75 Å². The van der Waals surface area contributed by atoms with Gasteiger partial charge in [-0.15, -0.1) is 11.3 Å². The molecule has 1 heterocycles. The SMILES string of the molecule is COc1ccc2cccc(CC(=O)c3cccs3)c2c1. The standard InChI is InChI=1S/C17H14O2S/c1-19-14-8-7-12-4-2-5-13(15(12)11-14)10-16(18)17-6-3-9-20-17/h2-9,11H,10H2,1H3. The number of methoxy groups -OCH3 is 1. The summed E-state index contributed by atoms with van der Waals surface area (Å²) in [5, 5.41) is 4.14. The Balaban J connectivity index is 2.00. The Kier molecular flexibility index (Phi) is 3.52. The smallest absolute Gasteiger partial charge is 0.177 e. The minimum absolute atomic E-state index is 0.162. The van der Waals surface area contributed by atoms with Crippen LogP contribution in [-0.2, 0) is 6.42 Å². The Morgan fingerprint density at radius 2 is 2.05 bits per heavy atom. The highest BCUT2D eigenvalue weighted by atomic mass is 32.1. The van der Waals surface area contributed by atoms with E-state index in [0.717, 1.165) is 27.0 Å². The first-order chi connectivity index (χ1) is 9.78. The Morgan fingerprint density at radius 3 is 2.80 bits per heavy atom. The van der Waals surface area contributed by atoms with Crippen LogP contribution >= 0.6 is 11.3 Å². The quantitative estimate of drug-likeness (QED) is 0.666. The van der Waals surface area contributed by atoms with E-state index in [1.165, 1.54) is 11.3 Å². The van der Waals surface area contributed by atoms with Crippen molar-refractivity contribution in [2.24, 2.45) is 0 Å². The highest BCUT2D eigenvalue weighted by Crippen LogP contribution is 2.25. The molecule has 20 heavy (non-hydrogen) atoms. The van der Waals surface area contributed by atoms with E-state index in [2.05, 4.69) is 0 Å². The largest absolute Gasteiger partial charge is 0.497 e. The summed E-state index contributed by atoms with van der Waals surface area (Å²) < 4.78 is 5.27. The first-order valence-corrected chi connectivity index (χ1v) is 7.28. The third-order valence-electron chi connectivity index (χ3n) is 3.33. The molecule has 0 bridgehead atoms. The summed E-state index contributed by atoms with van der Waals surface area (Å²) >= 11 is 1.49. The molecule has 3 heteroatoms. The van der Waals surface area contributed by atoms with E-state index in [1.54, 1.807) is 7.11 Å². The highest BCUT2D eigenvalue weighted by molar-refractivity contribution is 7.12. The summed E-state index contributed by atoms with van der Waals surface area (Å²) in [5.74, 6) is 0.976. The number of Topliss-reactive ketones (excluding diaryl/α,β-unsaturated/α-hetero) is 1. The number of hydrogen-bond donors (Lipinski definition) is 0. The van der Waals surface area contributed by atoms with Gasteiger partial charge >= 0.3 is 0 Å². The molecule has 0 N–H and O–H groups in total. The van der Waals surface area contributed by atoms with Crippen molar-refractivity contribution in [3.63, 3.8) is 0 Å². The molecule has 0 atom stereocenters. The maximum atomic E-state index is 12.3. The van der Waals surface area contributed by atoms with Crippen molar-refractivity contribution >= 4 is 27.9 Å². The molecule has 0 fully saturated rings. The summed E-state index contributed by atoms with van der Waals surface area (Å²) in [6.45, 7) is 0. The topological polar surface area (TPSA) is 26.3 Å². The normalized spacial score (nSPS) is 10.7. The van der Waals surface area contributed by atoms with Gasteiger partial charge in [-0.05, 0) is 39.9 Å². The van der Waals surface area contributed by atoms with Gasteiger partial charge < -0.3 is 4.74 Å². The van der Waals surface area contributed by atoms with Crippen LogP contribution in [0.5, 0.6) is 5.75 Å². The minimum Gasteiger partial charge on any atom is -0.497 e. The summed E-state index contributed by atoms with van der Waals surface area (Å²) in [7, 11) is 1.65. The zero-order valence-corrected chi connectivity index (χ0v) is 11.9. The van der Waals surface area contributed by atoms with Gasteiger partial charge in [0.2, 0.25) is 0 Å². The lowest BCUT2D eigenvalue weighted by Crippen LogP contribution is -2.01. The Morgan fingerprint density at radius 1 is 1.15 bits per heavy atom. The van der Waals surface area contributed by atoms with Crippen LogP contribution in [0.1, 0.15) is 15.2 Å². The van der Waals surface area contributed by atoms with Gasteiger partial charge in [-0.1, -0.05) is 30.3 Å². The second-order valence-electron chi connectivity index (χ2n) is 4.58. The number of carbonyl (C=O) groups excluding carboxylic acids is 1. The second-order valence-corrected chi connectivity index (χ2v) is 5.53. The highest BCUT2D eigenvalue weighted by Gasteiger charge is 2.10. The van der Waals surface area contributed by atoms with Gasteiger partial charge in [0.15, 0.2) is 5.78 Å². The van der Waals surface area contributed by atoms with Crippen molar-refractivity contribution in [1.82, 2.24) is 0 Å². The van der Waals surface area contributed by atoms with Crippen molar-refractivity contribution < 1.29 is 9.53 Å². The Bertz CT molecular complexity index is 745. The molecule has 2 aromatic carbocycles.